The van der Waals surface area contributed by atoms with Crippen molar-refractivity contribution >= 4 is 17.4 Å². The van der Waals surface area contributed by atoms with Crippen LogP contribution in [-0.4, -0.2) is 67.5 Å². The smallest absolute Gasteiger partial charge is 0.295 e. The van der Waals surface area contributed by atoms with Gasteiger partial charge in [-0.15, -0.1) is 0 Å². The molecule has 1 fully saturated rings. The van der Waals surface area contributed by atoms with Gasteiger partial charge in [-0.25, -0.2) is 0 Å². The molecule has 33 heavy (non-hydrogen) atoms. The minimum atomic E-state index is -0.677. The average Bonchev–Trinajstić information content (AvgIpc) is 3.04. The predicted molar refractivity (Wildman–Crippen MR) is 128 cm³/mol. The van der Waals surface area contributed by atoms with E-state index in [-0.39, 0.29) is 11.3 Å². The number of carbonyl (C=O) groups excluding carboxylic acids is 2. The Morgan fingerprint density at radius 2 is 1.76 bits per heavy atom. The number of carbonyl (C=O) groups is 2. The molecule has 7 heteroatoms. The highest BCUT2D eigenvalue weighted by molar-refractivity contribution is 6.46. The number of hydrogen-bond donors (Lipinski definition) is 1. The maximum absolute atomic E-state index is 13.1. The minimum absolute atomic E-state index is 0.0993. The zero-order chi connectivity index (χ0) is 24.1. The summed E-state index contributed by atoms with van der Waals surface area (Å²) >= 11 is 0. The molecule has 1 N–H and O–H groups in total. The van der Waals surface area contributed by atoms with Gasteiger partial charge in [0.25, 0.3) is 11.7 Å². The predicted octanol–water partition coefficient (Wildman–Crippen LogP) is 3.78. The molecule has 0 saturated carbocycles. The number of nitrogens with zero attached hydrogens (tertiary/aromatic N) is 2. The zero-order valence-electron chi connectivity index (χ0n) is 19.9. The zero-order valence-corrected chi connectivity index (χ0v) is 19.9. The van der Waals surface area contributed by atoms with Gasteiger partial charge in [-0.2, -0.15) is 0 Å². The lowest BCUT2D eigenvalue weighted by atomic mass is 9.93. The number of rotatable bonds is 9. The third-order valence-corrected chi connectivity index (χ3v) is 5.74. The van der Waals surface area contributed by atoms with E-state index in [0.717, 1.165) is 17.7 Å². The lowest BCUT2D eigenvalue weighted by Crippen LogP contribution is -2.32. The highest BCUT2D eigenvalue weighted by atomic mass is 16.5. The number of aliphatic hydroxyl groups is 1. The number of ketones is 1. The Labute approximate surface area is 195 Å². The van der Waals surface area contributed by atoms with Gasteiger partial charge in [-0.05, 0) is 82.4 Å². The Morgan fingerprint density at radius 3 is 2.33 bits per heavy atom. The van der Waals surface area contributed by atoms with Gasteiger partial charge in [-0.1, -0.05) is 12.1 Å². The standard InChI is InChI=1S/C26H32N2O5/c1-6-33-20-12-13-21(17(2)16-20)24(29)22-23(18-8-10-19(32-5)11-9-18)28(26(31)25(22)30)15-7-14-27(3)4/h8-13,16,23,29H,6-7,14-15H2,1-5H3/t23-/m0/s1. The highest BCUT2D eigenvalue weighted by Gasteiger charge is 2.45. The normalized spacial score (nSPS) is 17.6. The Bertz CT molecular complexity index is 1040. The van der Waals surface area contributed by atoms with Gasteiger partial charge in [0, 0.05) is 12.1 Å². The summed E-state index contributed by atoms with van der Waals surface area (Å²) in [6.45, 7) is 5.44. The number of ether oxygens (including phenoxy) is 2. The molecule has 7 nitrogen and oxygen atoms in total. The topological polar surface area (TPSA) is 79.3 Å². The summed E-state index contributed by atoms with van der Waals surface area (Å²) in [6, 6.07) is 11.8. The molecular formula is C26H32N2O5. The fraction of sp³-hybridized carbons (Fsp3) is 0.385. The first-order valence-corrected chi connectivity index (χ1v) is 11.1. The molecule has 0 aliphatic carbocycles. The minimum Gasteiger partial charge on any atom is -0.507 e. The molecule has 1 heterocycles. The Hall–Kier alpha value is -3.32. The van der Waals surface area contributed by atoms with Crippen LogP contribution >= 0.6 is 0 Å². The van der Waals surface area contributed by atoms with Gasteiger partial charge in [-0.3, -0.25) is 9.59 Å². The lowest BCUT2D eigenvalue weighted by molar-refractivity contribution is -0.139. The third kappa shape index (κ3) is 5.20. The number of benzene rings is 2. The first-order valence-electron chi connectivity index (χ1n) is 11.1. The first-order chi connectivity index (χ1) is 15.8. The second-order valence-electron chi connectivity index (χ2n) is 8.33. The summed E-state index contributed by atoms with van der Waals surface area (Å²) in [5, 5.41) is 11.3. The molecule has 0 unspecified atom stereocenters. The molecule has 2 aromatic carbocycles. The van der Waals surface area contributed by atoms with Crippen LogP contribution in [0.2, 0.25) is 0 Å². The van der Waals surface area contributed by atoms with Crippen molar-refractivity contribution in [2.24, 2.45) is 0 Å². The van der Waals surface area contributed by atoms with Crippen LogP contribution in [0.3, 0.4) is 0 Å². The van der Waals surface area contributed by atoms with E-state index < -0.39 is 17.7 Å². The molecule has 1 atom stereocenters. The fourth-order valence-corrected chi connectivity index (χ4v) is 4.10. The molecule has 0 radical (unpaired) electrons. The molecule has 1 amide bonds. The molecule has 176 valence electrons. The maximum Gasteiger partial charge on any atom is 0.295 e. The number of methoxy groups -OCH3 is 1. The monoisotopic (exact) mass is 452 g/mol. The van der Waals surface area contributed by atoms with E-state index >= 15 is 0 Å². The molecular weight excluding hydrogens is 420 g/mol. The summed E-state index contributed by atoms with van der Waals surface area (Å²) < 4.78 is 10.8. The lowest BCUT2D eigenvalue weighted by Gasteiger charge is -2.26. The van der Waals surface area contributed by atoms with Crippen molar-refractivity contribution in [1.29, 1.82) is 0 Å². The van der Waals surface area contributed by atoms with Crippen molar-refractivity contribution in [3.05, 3.63) is 64.7 Å². The van der Waals surface area contributed by atoms with Crippen LogP contribution in [0.1, 0.15) is 36.1 Å². The summed E-state index contributed by atoms with van der Waals surface area (Å²) in [5.74, 6) is -0.0935. The van der Waals surface area contributed by atoms with E-state index in [1.54, 1.807) is 36.3 Å². The second kappa shape index (κ2) is 10.5. The summed E-state index contributed by atoms with van der Waals surface area (Å²) in [7, 11) is 5.50. The largest absolute Gasteiger partial charge is 0.507 e. The second-order valence-corrected chi connectivity index (χ2v) is 8.33. The van der Waals surface area contributed by atoms with E-state index in [4.69, 9.17) is 9.47 Å². The number of aryl methyl sites for hydroxylation is 1. The molecule has 1 aliphatic heterocycles. The molecule has 0 spiro atoms. The van der Waals surface area contributed by atoms with E-state index in [1.165, 1.54) is 0 Å². The van der Waals surface area contributed by atoms with Crippen molar-refractivity contribution in [2.75, 3.05) is 40.9 Å². The van der Waals surface area contributed by atoms with E-state index in [0.29, 0.717) is 36.6 Å². The van der Waals surface area contributed by atoms with Crippen LogP contribution in [0.15, 0.2) is 48.0 Å². The molecule has 3 rings (SSSR count). The van der Waals surface area contributed by atoms with Crippen LogP contribution in [-0.2, 0) is 9.59 Å². The van der Waals surface area contributed by atoms with Crippen molar-refractivity contribution in [3.63, 3.8) is 0 Å². The average molecular weight is 453 g/mol. The number of aliphatic hydroxyl groups excluding tert-OH is 1. The van der Waals surface area contributed by atoms with Gasteiger partial charge < -0.3 is 24.4 Å². The third-order valence-electron chi connectivity index (χ3n) is 5.74. The van der Waals surface area contributed by atoms with Crippen LogP contribution in [0.5, 0.6) is 11.5 Å². The van der Waals surface area contributed by atoms with Gasteiger partial charge in [0.1, 0.15) is 17.3 Å². The van der Waals surface area contributed by atoms with Crippen LogP contribution in [0.25, 0.3) is 5.76 Å². The van der Waals surface area contributed by atoms with Crippen molar-refractivity contribution < 1.29 is 24.2 Å². The van der Waals surface area contributed by atoms with Gasteiger partial charge in [0.15, 0.2) is 0 Å². The van der Waals surface area contributed by atoms with Crippen molar-refractivity contribution in [1.82, 2.24) is 9.80 Å². The number of hydrogen-bond acceptors (Lipinski definition) is 6. The van der Waals surface area contributed by atoms with E-state index in [2.05, 4.69) is 0 Å². The Balaban J connectivity index is 2.09. The van der Waals surface area contributed by atoms with Crippen molar-refractivity contribution in [2.45, 2.75) is 26.3 Å². The first kappa shape index (κ1) is 24.3. The summed E-state index contributed by atoms with van der Waals surface area (Å²) in [5.41, 5.74) is 2.10. The number of likely N-dealkylation sites (tertiary alicyclic amines) is 1. The summed E-state index contributed by atoms with van der Waals surface area (Å²) in [4.78, 5) is 29.8. The van der Waals surface area contributed by atoms with Gasteiger partial charge in [0.05, 0.1) is 25.3 Å². The summed E-state index contributed by atoms with van der Waals surface area (Å²) in [6.07, 6.45) is 0.703. The quantitative estimate of drug-likeness (QED) is 0.354. The van der Waals surface area contributed by atoms with Gasteiger partial charge >= 0.3 is 0 Å². The van der Waals surface area contributed by atoms with Crippen LogP contribution in [0, 0.1) is 6.92 Å². The molecule has 1 saturated heterocycles. The Kier molecular flexibility index (Phi) is 7.76. The molecule has 0 aromatic heterocycles. The van der Waals surface area contributed by atoms with E-state index in [1.807, 2.05) is 51.0 Å². The fourth-order valence-electron chi connectivity index (χ4n) is 4.10. The van der Waals surface area contributed by atoms with Crippen molar-refractivity contribution in [3.8, 4) is 11.5 Å². The van der Waals surface area contributed by atoms with Crippen LogP contribution in [0.4, 0.5) is 0 Å². The molecule has 1 aliphatic rings. The van der Waals surface area contributed by atoms with Crippen LogP contribution < -0.4 is 9.47 Å². The Morgan fingerprint density at radius 1 is 1.09 bits per heavy atom. The number of Topliss-reactive ketones (excluding diaryl/α,β-unsaturated/α-hetero) is 1. The van der Waals surface area contributed by atoms with E-state index in [9.17, 15) is 14.7 Å². The number of amides is 1. The molecule has 0 bridgehead atoms. The van der Waals surface area contributed by atoms with Gasteiger partial charge in [0.2, 0.25) is 0 Å². The highest BCUT2D eigenvalue weighted by Crippen LogP contribution is 2.40. The molecule has 2 aromatic rings. The maximum atomic E-state index is 13.1. The SMILES string of the molecule is CCOc1ccc(C(O)=C2C(=O)C(=O)N(CCCN(C)C)[C@H]2c2ccc(OC)cc2)c(C)c1.